The molecule has 5 nitrogen and oxygen atoms in total. The number of hydrogen-bond acceptors (Lipinski definition) is 4. The van der Waals surface area contributed by atoms with Gasteiger partial charge in [0, 0.05) is 26.2 Å². The van der Waals surface area contributed by atoms with Crippen molar-refractivity contribution in [1.29, 1.82) is 0 Å². The van der Waals surface area contributed by atoms with E-state index < -0.39 is 6.10 Å². The number of aliphatic hydroxyl groups excluding tert-OH is 1. The molecule has 1 aliphatic heterocycles. The van der Waals surface area contributed by atoms with Gasteiger partial charge in [-0.05, 0) is 17.7 Å². The minimum absolute atomic E-state index is 0.121. The van der Waals surface area contributed by atoms with Gasteiger partial charge in [0.05, 0.1) is 0 Å². The van der Waals surface area contributed by atoms with Crippen molar-refractivity contribution >= 4 is 5.91 Å². The average molecular weight is 236 g/mol. The Morgan fingerprint density at radius 2 is 1.82 bits per heavy atom. The Morgan fingerprint density at radius 1 is 1.24 bits per heavy atom. The third-order valence-corrected chi connectivity index (χ3v) is 2.87. The van der Waals surface area contributed by atoms with Crippen molar-refractivity contribution < 1.29 is 15.0 Å². The highest BCUT2D eigenvalue weighted by atomic mass is 16.3. The van der Waals surface area contributed by atoms with Gasteiger partial charge >= 0.3 is 0 Å². The molecular formula is C12H16N2O3. The van der Waals surface area contributed by atoms with Crippen molar-refractivity contribution in [2.75, 3.05) is 26.2 Å². The van der Waals surface area contributed by atoms with Crippen LogP contribution in [-0.2, 0) is 4.79 Å². The predicted molar refractivity (Wildman–Crippen MR) is 62.5 cm³/mol. The van der Waals surface area contributed by atoms with Gasteiger partial charge in [-0.3, -0.25) is 4.79 Å². The fourth-order valence-electron chi connectivity index (χ4n) is 1.86. The molecule has 92 valence electrons. The lowest BCUT2D eigenvalue weighted by molar-refractivity contribution is -0.141. The predicted octanol–water partition coefficient (Wildman–Crippen LogP) is -0.143. The second kappa shape index (κ2) is 5.16. The van der Waals surface area contributed by atoms with Crippen LogP contribution >= 0.6 is 0 Å². The number of carbonyl (C=O) groups excluding carboxylic acids is 1. The molecule has 1 saturated heterocycles. The highest BCUT2D eigenvalue weighted by Crippen LogP contribution is 2.18. The lowest BCUT2D eigenvalue weighted by atomic mass is 10.1. The lowest BCUT2D eigenvalue weighted by Crippen LogP contribution is -2.48. The zero-order valence-corrected chi connectivity index (χ0v) is 9.47. The van der Waals surface area contributed by atoms with E-state index in [-0.39, 0.29) is 11.7 Å². The summed E-state index contributed by atoms with van der Waals surface area (Å²) in [5, 5.41) is 22.2. The van der Waals surface area contributed by atoms with Crippen molar-refractivity contribution in [2.45, 2.75) is 6.10 Å². The molecule has 5 heteroatoms. The number of benzene rings is 1. The summed E-state index contributed by atoms with van der Waals surface area (Å²) in [7, 11) is 0. The summed E-state index contributed by atoms with van der Waals surface area (Å²) in [6, 6.07) is 6.04. The molecule has 3 N–H and O–H groups in total. The second-order valence-electron chi connectivity index (χ2n) is 4.07. The van der Waals surface area contributed by atoms with Crippen molar-refractivity contribution in [3.05, 3.63) is 29.8 Å². The smallest absolute Gasteiger partial charge is 0.256 e. The molecule has 1 fully saturated rings. The van der Waals surface area contributed by atoms with E-state index in [4.69, 9.17) is 5.11 Å². The average Bonchev–Trinajstić information content (AvgIpc) is 2.39. The number of aliphatic hydroxyl groups is 1. The molecule has 17 heavy (non-hydrogen) atoms. The summed E-state index contributed by atoms with van der Waals surface area (Å²) in [5.74, 6) is -0.159. The van der Waals surface area contributed by atoms with E-state index in [0.29, 0.717) is 18.7 Å². The van der Waals surface area contributed by atoms with Gasteiger partial charge in [-0.25, -0.2) is 0 Å². The van der Waals surface area contributed by atoms with E-state index in [9.17, 15) is 9.90 Å². The van der Waals surface area contributed by atoms with Crippen LogP contribution in [0.5, 0.6) is 5.75 Å². The van der Waals surface area contributed by atoms with Gasteiger partial charge in [-0.15, -0.1) is 0 Å². The topological polar surface area (TPSA) is 72.8 Å². The molecule has 0 radical (unpaired) electrons. The second-order valence-corrected chi connectivity index (χ2v) is 4.07. The molecule has 0 spiro atoms. The van der Waals surface area contributed by atoms with E-state index in [2.05, 4.69) is 5.32 Å². The highest BCUT2D eigenvalue weighted by molar-refractivity contribution is 5.82. The fourth-order valence-corrected chi connectivity index (χ4v) is 1.86. The summed E-state index contributed by atoms with van der Waals surface area (Å²) in [5.41, 5.74) is 0.506. The molecular weight excluding hydrogens is 220 g/mol. The number of piperazine rings is 1. The molecule has 0 aromatic heterocycles. The summed E-state index contributed by atoms with van der Waals surface area (Å²) < 4.78 is 0. The number of amides is 1. The van der Waals surface area contributed by atoms with E-state index in [1.165, 1.54) is 12.1 Å². The number of nitrogens with one attached hydrogen (secondary N) is 1. The number of aromatic hydroxyl groups is 1. The Balaban J connectivity index is 2.05. The largest absolute Gasteiger partial charge is 0.508 e. The van der Waals surface area contributed by atoms with E-state index in [0.717, 1.165) is 13.1 Å². The Hall–Kier alpha value is -1.59. The number of rotatable bonds is 2. The molecule has 1 aromatic carbocycles. The van der Waals surface area contributed by atoms with Gasteiger partial charge in [-0.2, -0.15) is 0 Å². The van der Waals surface area contributed by atoms with Crippen molar-refractivity contribution in [2.24, 2.45) is 0 Å². The SMILES string of the molecule is O=C(C(O)c1ccc(O)cc1)N1CCNCC1. The summed E-state index contributed by atoms with van der Waals surface area (Å²) in [6.45, 7) is 2.75. The van der Waals surface area contributed by atoms with Gasteiger partial charge in [0.15, 0.2) is 6.10 Å². The zero-order chi connectivity index (χ0) is 12.3. The van der Waals surface area contributed by atoms with Crippen LogP contribution in [-0.4, -0.2) is 47.2 Å². The number of nitrogens with zero attached hydrogens (tertiary/aromatic N) is 1. The van der Waals surface area contributed by atoms with Crippen LogP contribution in [0.3, 0.4) is 0 Å². The third kappa shape index (κ3) is 2.75. The van der Waals surface area contributed by atoms with Crippen molar-refractivity contribution in [3.63, 3.8) is 0 Å². The van der Waals surface area contributed by atoms with Crippen molar-refractivity contribution in [1.82, 2.24) is 10.2 Å². The molecule has 0 bridgehead atoms. The lowest BCUT2D eigenvalue weighted by Gasteiger charge is -2.29. The number of phenolic OH excluding ortho intramolecular Hbond substituents is 1. The van der Waals surface area contributed by atoms with Gasteiger partial charge in [0.25, 0.3) is 5.91 Å². The van der Waals surface area contributed by atoms with Crippen LogP contribution in [0.4, 0.5) is 0 Å². The Kier molecular flexibility index (Phi) is 3.61. The molecule has 1 aliphatic rings. The molecule has 0 saturated carbocycles. The van der Waals surface area contributed by atoms with Crippen LogP contribution in [0.15, 0.2) is 24.3 Å². The van der Waals surface area contributed by atoms with Gasteiger partial charge in [0.2, 0.25) is 0 Å². The van der Waals surface area contributed by atoms with Crippen LogP contribution in [0.1, 0.15) is 11.7 Å². The van der Waals surface area contributed by atoms with Gasteiger partial charge in [0.1, 0.15) is 5.75 Å². The Morgan fingerprint density at radius 3 is 2.41 bits per heavy atom. The first-order valence-corrected chi connectivity index (χ1v) is 5.65. The normalized spacial score (nSPS) is 17.8. The first kappa shape index (κ1) is 11.9. The zero-order valence-electron chi connectivity index (χ0n) is 9.47. The first-order valence-electron chi connectivity index (χ1n) is 5.65. The molecule has 1 amide bonds. The maximum atomic E-state index is 12.0. The van der Waals surface area contributed by atoms with Gasteiger partial charge in [-0.1, -0.05) is 12.1 Å². The monoisotopic (exact) mass is 236 g/mol. The third-order valence-electron chi connectivity index (χ3n) is 2.87. The quantitative estimate of drug-likeness (QED) is 0.668. The van der Waals surface area contributed by atoms with E-state index >= 15 is 0 Å². The molecule has 0 aliphatic carbocycles. The number of hydrogen-bond donors (Lipinski definition) is 3. The molecule has 1 atom stereocenters. The Labute approximate surface area is 99.7 Å². The van der Waals surface area contributed by atoms with Crippen LogP contribution < -0.4 is 5.32 Å². The summed E-state index contributed by atoms with van der Waals surface area (Å²) >= 11 is 0. The molecule has 1 unspecified atom stereocenters. The molecule has 1 heterocycles. The minimum atomic E-state index is -1.14. The maximum Gasteiger partial charge on any atom is 0.256 e. The summed E-state index contributed by atoms with van der Waals surface area (Å²) in [4.78, 5) is 13.6. The van der Waals surface area contributed by atoms with Crippen LogP contribution in [0, 0.1) is 0 Å². The Bertz CT molecular complexity index is 385. The maximum absolute atomic E-state index is 12.0. The number of phenols is 1. The van der Waals surface area contributed by atoms with E-state index in [1.54, 1.807) is 17.0 Å². The highest BCUT2D eigenvalue weighted by Gasteiger charge is 2.24. The van der Waals surface area contributed by atoms with Crippen LogP contribution in [0.25, 0.3) is 0 Å². The summed E-state index contributed by atoms with van der Waals surface area (Å²) in [6.07, 6.45) is -1.14. The standard InChI is InChI=1S/C12H16N2O3/c15-10-3-1-9(2-4-10)11(16)12(17)14-7-5-13-6-8-14/h1-4,11,13,15-16H,5-8H2. The first-order chi connectivity index (χ1) is 8.18. The van der Waals surface area contributed by atoms with E-state index in [1.807, 2.05) is 0 Å². The van der Waals surface area contributed by atoms with Crippen LogP contribution in [0.2, 0.25) is 0 Å². The fraction of sp³-hybridized carbons (Fsp3) is 0.417. The molecule has 2 rings (SSSR count). The molecule has 1 aromatic rings. The van der Waals surface area contributed by atoms with Gasteiger partial charge < -0.3 is 20.4 Å². The van der Waals surface area contributed by atoms with Crippen molar-refractivity contribution in [3.8, 4) is 5.75 Å². The number of carbonyl (C=O) groups is 1. The minimum Gasteiger partial charge on any atom is -0.508 e.